The summed E-state index contributed by atoms with van der Waals surface area (Å²) in [5, 5.41) is 0.294. The Morgan fingerprint density at radius 2 is 0.738 bits per heavy atom. The maximum Gasteiger partial charge on any atom is 0.441 e. The standard InChI is InChI=1S/C38H56O3P/c1-34(2,3)26-20-16-18-24(22-26)28-30(36(7,8)9)29(25-19-17-21-27(23-25)35(4,5)6)32(38(13,14)15)33(42(39,40)41)31(28)37(10,11)12/h16-23,39-41H,1-15H3/q+1. The summed E-state index contributed by atoms with van der Waals surface area (Å²) >= 11 is 0. The van der Waals surface area contributed by atoms with E-state index in [9.17, 15) is 14.7 Å². The van der Waals surface area contributed by atoms with Crippen LogP contribution in [0.25, 0.3) is 22.3 Å². The van der Waals surface area contributed by atoms with E-state index < -0.39 is 18.8 Å². The summed E-state index contributed by atoms with van der Waals surface area (Å²) in [6.45, 7) is 32.7. The first-order chi connectivity index (χ1) is 18.7. The molecule has 0 fully saturated rings. The minimum atomic E-state index is -4.49. The second kappa shape index (κ2) is 10.8. The van der Waals surface area contributed by atoms with Crippen LogP contribution in [0.3, 0.4) is 0 Å². The second-order valence-electron chi connectivity index (χ2n) is 17.2. The maximum atomic E-state index is 11.4. The van der Waals surface area contributed by atoms with E-state index in [1.165, 1.54) is 11.1 Å². The molecule has 0 saturated heterocycles. The summed E-state index contributed by atoms with van der Waals surface area (Å²) < 4.78 is 0. The maximum absolute atomic E-state index is 11.4. The largest absolute Gasteiger partial charge is 0.441 e. The number of hydrogen-bond donors (Lipinski definition) is 3. The van der Waals surface area contributed by atoms with Gasteiger partial charge in [0.2, 0.25) is 0 Å². The molecule has 0 unspecified atom stereocenters. The molecule has 0 bridgehead atoms. The summed E-state index contributed by atoms with van der Waals surface area (Å²) in [4.78, 5) is 34.2. The molecule has 3 aromatic carbocycles. The van der Waals surface area contributed by atoms with Gasteiger partial charge in [0.25, 0.3) is 0 Å². The molecule has 0 aromatic heterocycles. The van der Waals surface area contributed by atoms with E-state index in [0.29, 0.717) is 5.30 Å². The summed E-state index contributed by atoms with van der Waals surface area (Å²) in [6, 6.07) is 17.3. The van der Waals surface area contributed by atoms with Crippen molar-refractivity contribution in [2.24, 2.45) is 0 Å². The van der Waals surface area contributed by atoms with Crippen molar-refractivity contribution in [2.45, 2.75) is 131 Å². The second-order valence-corrected chi connectivity index (χ2v) is 18.8. The lowest BCUT2D eigenvalue weighted by atomic mass is 9.66. The zero-order valence-electron chi connectivity index (χ0n) is 28.9. The van der Waals surface area contributed by atoms with Gasteiger partial charge in [0, 0.05) is 11.1 Å². The quantitative estimate of drug-likeness (QED) is 0.266. The van der Waals surface area contributed by atoms with Crippen molar-refractivity contribution in [3.05, 3.63) is 76.3 Å². The van der Waals surface area contributed by atoms with E-state index in [-0.39, 0.29) is 16.2 Å². The van der Waals surface area contributed by atoms with Crippen molar-refractivity contribution in [1.29, 1.82) is 0 Å². The topological polar surface area (TPSA) is 60.7 Å². The van der Waals surface area contributed by atoms with Gasteiger partial charge in [0.1, 0.15) is 0 Å². The lowest BCUT2D eigenvalue weighted by Gasteiger charge is -2.39. The van der Waals surface area contributed by atoms with E-state index >= 15 is 0 Å². The SMILES string of the molecule is CC(C)(C)c1cccc(-c2c(C(C)(C)C)c(-c3cccc(C(C)(C)C)c3)c(C(C)(C)C)c([P+](O)(O)O)c2C(C)(C)C)c1. The van der Waals surface area contributed by atoms with Gasteiger partial charge in [-0.2, -0.15) is 14.7 Å². The fourth-order valence-corrected chi connectivity index (χ4v) is 7.60. The van der Waals surface area contributed by atoms with Crippen LogP contribution in [0.1, 0.15) is 132 Å². The highest BCUT2D eigenvalue weighted by atomic mass is 31.2. The van der Waals surface area contributed by atoms with Crippen LogP contribution in [-0.4, -0.2) is 14.7 Å². The van der Waals surface area contributed by atoms with Gasteiger partial charge >= 0.3 is 7.94 Å². The summed E-state index contributed by atoms with van der Waals surface area (Å²) in [7, 11) is -4.49. The van der Waals surface area contributed by atoms with Gasteiger partial charge in [-0.1, -0.05) is 152 Å². The third-order valence-electron chi connectivity index (χ3n) is 8.06. The zero-order valence-corrected chi connectivity index (χ0v) is 29.8. The fourth-order valence-electron chi connectivity index (χ4n) is 6.11. The summed E-state index contributed by atoms with van der Waals surface area (Å²) in [5.41, 5.74) is 7.74. The van der Waals surface area contributed by atoms with Crippen molar-refractivity contribution in [2.75, 3.05) is 0 Å². The average Bonchev–Trinajstić information content (AvgIpc) is 2.79. The molecule has 0 spiro atoms. The fraction of sp³-hybridized carbons (Fsp3) is 0.526. The molecule has 3 N–H and O–H groups in total. The minimum absolute atomic E-state index is 0.0699. The first-order valence-electron chi connectivity index (χ1n) is 15.2. The smallest absolute Gasteiger partial charge is 0.189 e. The van der Waals surface area contributed by atoms with Crippen LogP contribution in [0.2, 0.25) is 0 Å². The number of rotatable bonds is 3. The Balaban J connectivity index is 2.87. The van der Waals surface area contributed by atoms with Crippen LogP contribution >= 0.6 is 7.94 Å². The van der Waals surface area contributed by atoms with Crippen LogP contribution in [0.4, 0.5) is 0 Å². The van der Waals surface area contributed by atoms with Crippen molar-refractivity contribution in [1.82, 2.24) is 0 Å². The highest BCUT2D eigenvalue weighted by molar-refractivity contribution is 7.67. The van der Waals surface area contributed by atoms with Gasteiger partial charge in [-0.3, -0.25) is 0 Å². The van der Waals surface area contributed by atoms with Crippen molar-refractivity contribution >= 4 is 13.2 Å². The Kier molecular flexibility index (Phi) is 8.90. The molecule has 42 heavy (non-hydrogen) atoms. The van der Waals surface area contributed by atoms with E-state index in [4.69, 9.17) is 0 Å². The van der Waals surface area contributed by atoms with E-state index in [2.05, 4.69) is 152 Å². The van der Waals surface area contributed by atoms with Gasteiger partial charge < -0.3 is 0 Å². The highest BCUT2D eigenvalue weighted by Crippen LogP contribution is 2.56. The van der Waals surface area contributed by atoms with Crippen LogP contribution in [0.15, 0.2) is 48.5 Å². The number of benzene rings is 3. The molecule has 4 heteroatoms. The van der Waals surface area contributed by atoms with Gasteiger partial charge in [-0.05, 0) is 66.0 Å². The molecular formula is C38H56O3P+. The number of hydrogen-bond acceptors (Lipinski definition) is 3. The van der Waals surface area contributed by atoms with Crippen LogP contribution in [0, 0.1) is 0 Å². The van der Waals surface area contributed by atoms with Crippen LogP contribution in [-0.2, 0) is 27.1 Å². The van der Waals surface area contributed by atoms with E-state index in [0.717, 1.165) is 38.9 Å². The molecule has 230 valence electrons. The molecule has 0 aliphatic carbocycles. The predicted octanol–water partition coefficient (Wildman–Crippen LogP) is 9.87. The molecule has 0 aliphatic rings. The molecule has 0 atom stereocenters. The molecule has 3 nitrogen and oxygen atoms in total. The normalized spacial score (nSPS) is 14.0. The van der Waals surface area contributed by atoms with Crippen LogP contribution < -0.4 is 5.30 Å². The zero-order chi connectivity index (χ0) is 32.4. The Morgan fingerprint density at radius 1 is 0.429 bits per heavy atom. The lowest BCUT2D eigenvalue weighted by Crippen LogP contribution is -2.37. The summed E-state index contributed by atoms with van der Waals surface area (Å²) in [5.74, 6) is 0. The highest BCUT2D eigenvalue weighted by Gasteiger charge is 2.49. The molecule has 3 aromatic rings. The lowest BCUT2D eigenvalue weighted by molar-refractivity contribution is 0.344. The molecule has 0 heterocycles. The van der Waals surface area contributed by atoms with Crippen molar-refractivity contribution in [3.8, 4) is 22.3 Å². The predicted molar refractivity (Wildman–Crippen MR) is 184 cm³/mol. The molecule has 0 aliphatic heterocycles. The Labute approximate surface area is 257 Å². The average molecular weight is 592 g/mol. The van der Waals surface area contributed by atoms with Gasteiger partial charge in [0.05, 0.1) is 0 Å². The third-order valence-corrected chi connectivity index (χ3v) is 9.11. The Hall–Kier alpha value is -2.03. The van der Waals surface area contributed by atoms with E-state index in [1.807, 2.05) is 0 Å². The molecule has 0 radical (unpaired) electrons. The van der Waals surface area contributed by atoms with E-state index in [1.54, 1.807) is 0 Å². The monoisotopic (exact) mass is 591 g/mol. The molecule has 0 amide bonds. The Morgan fingerprint density at radius 3 is 0.976 bits per heavy atom. The molecule has 3 rings (SSSR count). The molecular weight excluding hydrogens is 535 g/mol. The minimum Gasteiger partial charge on any atom is -0.189 e. The third kappa shape index (κ3) is 7.02. The Bertz CT molecular complexity index is 1360. The van der Waals surface area contributed by atoms with Gasteiger partial charge in [0.15, 0.2) is 5.30 Å². The summed E-state index contributed by atoms with van der Waals surface area (Å²) in [6.07, 6.45) is 0. The van der Waals surface area contributed by atoms with Crippen LogP contribution in [0.5, 0.6) is 0 Å². The molecule has 0 saturated carbocycles. The van der Waals surface area contributed by atoms with Crippen molar-refractivity contribution in [3.63, 3.8) is 0 Å². The van der Waals surface area contributed by atoms with Crippen molar-refractivity contribution < 1.29 is 14.7 Å². The first-order valence-corrected chi connectivity index (χ1v) is 16.9. The van der Waals surface area contributed by atoms with Gasteiger partial charge in [-0.25, -0.2) is 0 Å². The van der Waals surface area contributed by atoms with Gasteiger partial charge in [-0.15, -0.1) is 0 Å². The first kappa shape index (κ1) is 34.5.